The van der Waals surface area contributed by atoms with E-state index in [1.54, 1.807) is 6.92 Å². The van der Waals surface area contributed by atoms with Crippen molar-refractivity contribution in [1.29, 1.82) is 0 Å². The van der Waals surface area contributed by atoms with E-state index < -0.39 is 6.10 Å². The highest BCUT2D eigenvalue weighted by Crippen LogP contribution is 2.08. The minimum atomic E-state index is -0.489. The summed E-state index contributed by atoms with van der Waals surface area (Å²) in [6.07, 6.45) is 0.804. The van der Waals surface area contributed by atoms with Gasteiger partial charge in [0.1, 0.15) is 0 Å². The van der Waals surface area contributed by atoms with Crippen molar-refractivity contribution in [2.24, 2.45) is 0 Å². The Balaban J connectivity index is 3.26. The van der Waals surface area contributed by atoms with Crippen molar-refractivity contribution in [2.45, 2.75) is 32.8 Å². The van der Waals surface area contributed by atoms with Crippen LogP contribution in [0.15, 0.2) is 0 Å². The number of rotatable bonds is 4. The van der Waals surface area contributed by atoms with Crippen LogP contribution in [0.3, 0.4) is 0 Å². The van der Waals surface area contributed by atoms with Crippen molar-refractivity contribution < 1.29 is 9.90 Å². The zero-order valence-corrected chi connectivity index (χ0v) is 7.28. The molecule has 0 bridgehead atoms. The molecule has 0 amide bonds. The number of aliphatic hydroxyl groups is 1. The Hall–Kier alpha value is -0.0200. The molecule has 0 aliphatic rings. The Labute approximate surface area is 66.0 Å². The zero-order valence-electron chi connectivity index (χ0n) is 6.46. The summed E-state index contributed by atoms with van der Waals surface area (Å²) in [6, 6.07) is 0. The van der Waals surface area contributed by atoms with Crippen molar-refractivity contribution in [2.75, 3.05) is 5.75 Å². The first-order valence-electron chi connectivity index (χ1n) is 3.50. The molecule has 0 spiro atoms. The summed E-state index contributed by atoms with van der Waals surface area (Å²) in [4.78, 5) is 10.8. The van der Waals surface area contributed by atoms with E-state index in [1.807, 2.05) is 6.92 Å². The van der Waals surface area contributed by atoms with E-state index >= 15 is 0 Å². The van der Waals surface area contributed by atoms with E-state index in [0.29, 0.717) is 0 Å². The quantitative estimate of drug-likeness (QED) is 0.679. The lowest BCUT2D eigenvalue weighted by molar-refractivity contribution is -0.112. The molecule has 2 nitrogen and oxygen atoms in total. The second kappa shape index (κ2) is 5.74. The second-order valence-corrected chi connectivity index (χ2v) is 3.43. The Morgan fingerprint density at radius 3 is 2.70 bits per heavy atom. The Morgan fingerprint density at radius 2 is 2.30 bits per heavy atom. The highest BCUT2D eigenvalue weighted by molar-refractivity contribution is 8.13. The molecule has 1 atom stereocenters. The maximum absolute atomic E-state index is 10.8. The molecule has 0 radical (unpaired) electrons. The van der Waals surface area contributed by atoms with Crippen LogP contribution in [0.5, 0.6) is 0 Å². The van der Waals surface area contributed by atoms with E-state index in [2.05, 4.69) is 0 Å². The maximum atomic E-state index is 10.8. The maximum Gasteiger partial charge on any atom is 0.191 e. The highest BCUT2D eigenvalue weighted by atomic mass is 32.2. The number of hydrogen-bond donors (Lipinski definition) is 1. The number of hydrogen-bond acceptors (Lipinski definition) is 3. The third-order valence-corrected chi connectivity index (χ3v) is 2.03. The van der Waals surface area contributed by atoms with Gasteiger partial charge in [-0.3, -0.25) is 4.79 Å². The average molecular weight is 162 g/mol. The predicted octanol–water partition coefficient (Wildman–Crippen LogP) is 1.43. The van der Waals surface area contributed by atoms with Crippen molar-refractivity contribution in [3.8, 4) is 0 Å². The fourth-order valence-corrected chi connectivity index (χ4v) is 1.31. The van der Waals surface area contributed by atoms with Crippen molar-refractivity contribution in [1.82, 2.24) is 0 Å². The van der Waals surface area contributed by atoms with Crippen LogP contribution in [0.25, 0.3) is 0 Å². The van der Waals surface area contributed by atoms with Gasteiger partial charge >= 0.3 is 0 Å². The minimum Gasteiger partial charge on any atom is -0.393 e. The van der Waals surface area contributed by atoms with Crippen LogP contribution in [-0.4, -0.2) is 22.1 Å². The summed E-state index contributed by atoms with van der Waals surface area (Å²) >= 11 is 1.31. The standard InChI is InChI=1S/C7H14O2S/c1-3-4-10-7(9)5-6(2)8/h6,8H,3-5H2,1-2H3. The largest absolute Gasteiger partial charge is 0.393 e. The Kier molecular flexibility index (Phi) is 5.73. The van der Waals surface area contributed by atoms with Gasteiger partial charge in [0.05, 0.1) is 6.10 Å². The molecule has 1 unspecified atom stereocenters. The van der Waals surface area contributed by atoms with Gasteiger partial charge in [-0.25, -0.2) is 0 Å². The van der Waals surface area contributed by atoms with Gasteiger partial charge in [-0.15, -0.1) is 0 Å². The molecule has 0 aromatic heterocycles. The summed E-state index contributed by atoms with van der Waals surface area (Å²) in [6.45, 7) is 3.66. The fraction of sp³-hybridized carbons (Fsp3) is 0.857. The van der Waals surface area contributed by atoms with Gasteiger partial charge in [-0.1, -0.05) is 18.7 Å². The Morgan fingerprint density at radius 1 is 1.70 bits per heavy atom. The van der Waals surface area contributed by atoms with E-state index in [1.165, 1.54) is 11.8 Å². The lowest BCUT2D eigenvalue weighted by Crippen LogP contribution is -2.06. The molecule has 60 valence electrons. The smallest absolute Gasteiger partial charge is 0.191 e. The van der Waals surface area contributed by atoms with Crippen LogP contribution in [-0.2, 0) is 4.79 Å². The monoisotopic (exact) mass is 162 g/mol. The molecule has 1 N–H and O–H groups in total. The third kappa shape index (κ3) is 6.11. The van der Waals surface area contributed by atoms with Gasteiger partial charge in [-0.2, -0.15) is 0 Å². The van der Waals surface area contributed by atoms with Gasteiger partial charge in [0.25, 0.3) is 0 Å². The molecular weight excluding hydrogens is 148 g/mol. The molecule has 0 saturated carbocycles. The van der Waals surface area contributed by atoms with E-state index in [9.17, 15) is 4.79 Å². The van der Waals surface area contributed by atoms with Gasteiger partial charge in [0.15, 0.2) is 5.12 Å². The first-order valence-corrected chi connectivity index (χ1v) is 4.49. The first kappa shape index (κ1) is 9.98. The van der Waals surface area contributed by atoms with Gasteiger partial charge in [0.2, 0.25) is 0 Å². The van der Waals surface area contributed by atoms with Gasteiger partial charge in [0, 0.05) is 12.2 Å². The van der Waals surface area contributed by atoms with Crippen LogP contribution in [0.1, 0.15) is 26.7 Å². The molecule has 0 aliphatic carbocycles. The number of thioether (sulfide) groups is 1. The van der Waals surface area contributed by atoms with E-state index in [4.69, 9.17) is 5.11 Å². The number of carbonyl (C=O) groups excluding carboxylic acids is 1. The van der Waals surface area contributed by atoms with Crippen molar-refractivity contribution >= 4 is 16.9 Å². The molecule has 0 aromatic carbocycles. The SMILES string of the molecule is CCCSC(=O)CC(C)O. The molecule has 10 heavy (non-hydrogen) atoms. The fourth-order valence-electron chi connectivity index (χ4n) is 0.516. The normalized spacial score (nSPS) is 13.1. The lowest BCUT2D eigenvalue weighted by atomic mass is 10.3. The lowest BCUT2D eigenvalue weighted by Gasteiger charge is -2.00. The molecular formula is C7H14O2S. The molecule has 0 heterocycles. The summed E-state index contributed by atoms with van der Waals surface area (Å²) in [7, 11) is 0. The highest BCUT2D eigenvalue weighted by Gasteiger charge is 2.04. The topological polar surface area (TPSA) is 37.3 Å². The van der Waals surface area contributed by atoms with Gasteiger partial charge < -0.3 is 5.11 Å². The van der Waals surface area contributed by atoms with Crippen LogP contribution >= 0.6 is 11.8 Å². The molecule has 0 aliphatic heterocycles. The zero-order chi connectivity index (χ0) is 7.98. The summed E-state index contributed by atoms with van der Waals surface area (Å²) in [5, 5.41) is 8.88. The second-order valence-electron chi connectivity index (χ2n) is 2.27. The molecule has 0 fully saturated rings. The van der Waals surface area contributed by atoms with Crippen LogP contribution in [0, 0.1) is 0 Å². The summed E-state index contributed by atoms with van der Waals surface area (Å²) in [5.41, 5.74) is 0. The average Bonchev–Trinajstić information content (AvgIpc) is 1.82. The third-order valence-electron chi connectivity index (χ3n) is 0.929. The summed E-state index contributed by atoms with van der Waals surface area (Å²) < 4.78 is 0. The minimum absolute atomic E-state index is 0.0943. The molecule has 0 aromatic rings. The van der Waals surface area contributed by atoms with Crippen molar-refractivity contribution in [3.63, 3.8) is 0 Å². The number of aliphatic hydroxyl groups excluding tert-OH is 1. The van der Waals surface area contributed by atoms with Crippen LogP contribution in [0.2, 0.25) is 0 Å². The molecule has 0 rings (SSSR count). The molecule has 0 saturated heterocycles. The predicted molar refractivity (Wildman–Crippen MR) is 44.1 cm³/mol. The molecule has 3 heteroatoms. The summed E-state index contributed by atoms with van der Waals surface area (Å²) in [5.74, 6) is 0.867. The first-order chi connectivity index (χ1) is 4.66. The van der Waals surface area contributed by atoms with Crippen LogP contribution < -0.4 is 0 Å². The van der Waals surface area contributed by atoms with Gasteiger partial charge in [-0.05, 0) is 13.3 Å². The van der Waals surface area contributed by atoms with Crippen molar-refractivity contribution in [3.05, 3.63) is 0 Å². The van der Waals surface area contributed by atoms with Crippen LogP contribution in [0.4, 0.5) is 0 Å². The Bertz CT molecular complexity index is 102. The van der Waals surface area contributed by atoms with E-state index in [0.717, 1.165) is 12.2 Å². The van der Waals surface area contributed by atoms with E-state index in [-0.39, 0.29) is 11.5 Å². The number of carbonyl (C=O) groups is 1.